The van der Waals surface area contributed by atoms with Crippen LogP contribution < -0.4 is 4.74 Å². The van der Waals surface area contributed by atoms with Crippen LogP contribution in [0.3, 0.4) is 0 Å². The van der Waals surface area contributed by atoms with Gasteiger partial charge in [0, 0.05) is 31.1 Å². The lowest BCUT2D eigenvalue weighted by Crippen LogP contribution is -2.24. The molecule has 0 radical (unpaired) electrons. The number of ketones is 1. The minimum Gasteiger partial charge on any atom is -0.493 e. The molecule has 5 nitrogen and oxygen atoms in total. The van der Waals surface area contributed by atoms with Gasteiger partial charge in [0.05, 0.1) is 6.61 Å². The van der Waals surface area contributed by atoms with Crippen LogP contribution >= 0.6 is 0 Å². The van der Waals surface area contributed by atoms with Crippen LogP contribution in [0.2, 0.25) is 0 Å². The highest BCUT2D eigenvalue weighted by Crippen LogP contribution is 2.16. The van der Waals surface area contributed by atoms with Crippen molar-refractivity contribution in [2.24, 2.45) is 0 Å². The van der Waals surface area contributed by atoms with E-state index in [1.807, 2.05) is 42.5 Å². The Morgan fingerprint density at radius 3 is 2.03 bits per heavy atom. The molecule has 0 bridgehead atoms. The fourth-order valence-corrected chi connectivity index (χ4v) is 3.07. The van der Waals surface area contributed by atoms with E-state index >= 15 is 0 Å². The molecule has 0 unspecified atom stereocenters. The molecular weight excluding hydrogens is 380 g/mol. The van der Waals surface area contributed by atoms with Gasteiger partial charge in [-0.25, -0.2) is 4.79 Å². The fraction of sp³-hybridized carbons (Fsp3) is 0.200. The molecule has 0 fully saturated rings. The topological polar surface area (TPSA) is 72.8 Å². The van der Waals surface area contributed by atoms with Crippen LogP contribution in [0.25, 0.3) is 0 Å². The van der Waals surface area contributed by atoms with Crippen LogP contribution in [-0.4, -0.2) is 36.7 Å². The van der Waals surface area contributed by atoms with Crippen LogP contribution in [0.5, 0.6) is 5.75 Å². The maximum atomic E-state index is 12.4. The largest absolute Gasteiger partial charge is 0.493 e. The van der Waals surface area contributed by atoms with Crippen LogP contribution in [-0.2, 0) is 22.4 Å². The second-order valence-corrected chi connectivity index (χ2v) is 6.90. The number of carboxylic acid groups (broad SMARTS) is 1. The highest BCUT2D eigenvalue weighted by molar-refractivity contribution is 6.08. The first kappa shape index (κ1) is 21.3. The summed E-state index contributed by atoms with van der Waals surface area (Å²) in [4.78, 5) is 23.5. The van der Waals surface area contributed by atoms with Gasteiger partial charge < -0.3 is 14.6 Å². The van der Waals surface area contributed by atoms with Crippen molar-refractivity contribution in [3.63, 3.8) is 0 Å². The molecule has 0 aliphatic rings. The van der Waals surface area contributed by atoms with E-state index in [-0.39, 0.29) is 5.78 Å². The quantitative estimate of drug-likeness (QED) is 0.513. The van der Waals surface area contributed by atoms with Gasteiger partial charge in [-0.3, -0.25) is 4.79 Å². The lowest BCUT2D eigenvalue weighted by atomic mass is 10.0. The van der Waals surface area contributed by atoms with Crippen molar-refractivity contribution in [1.29, 1.82) is 0 Å². The molecule has 154 valence electrons. The van der Waals surface area contributed by atoms with E-state index in [0.29, 0.717) is 29.9 Å². The number of benzene rings is 3. The number of hydrogen-bond acceptors (Lipinski definition) is 4. The first-order chi connectivity index (χ1) is 14.6. The van der Waals surface area contributed by atoms with Crippen molar-refractivity contribution in [3.8, 4) is 5.75 Å². The molecule has 3 aromatic rings. The summed E-state index contributed by atoms with van der Waals surface area (Å²) >= 11 is 0. The van der Waals surface area contributed by atoms with E-state index in [1.165, 1.54) is 7.11 Å². The zero-order valence-electron chi connectivity index (χ0n) is 16.8. The molecule has 1 atom stereocenters. The van der Waals surface area contributed by atoms with Crippen molar-refractivity contribution >= 4 is 11.8 Å². The summed E-state index contributed by atoms with van der Waals surface area (Å²) in [5.74, 6) is -0.270. The molecule has 3 aromatic carbocycles. The summed E-state index contributed by atoms with van der Waals surface area (Å²) in [6, 6.07) is 24.1. The number of ether oxygens (including phenoxy) is 2. The SMILES string of the molecule is CO[C@@H](Cc1ccc(CCOc2ccc(C(=O)c3ccccc3)cc2)cc1)C(=O)O. The molecule has 0 spiro atoms. The van der Waals surface area contributed by atoms with E-state index in [0.717, 1.165) is 17.5 Å². The van der Waals surface area contributed by atoms with E-state index in [9.17, 15) is 9.59 Å². The van der Waals surface area contributed by atoms with Crippen molar-refractivity contribution < 1.29 is 24.2 Å². The summed E-state index contributed by atoms with van der Waals surface area (Å²) in [6.07, 6.45) is 0.213. The molecule has 1 N–H and O–H groups in total. The fourth-order valence-electron chi connectivity index (χ4n) is 3.07. The van der Waals surface area contributed by atoms with Crippen LogP contribution in [0.15, 0.2) is 78.9 Å². The van der Waals surface area contributed by atoms with Gasteiger partial charge in [0.2, 0.25) is 0 Å². The molecule has 30 heavy (non-hydrogen) atoms. The van der Waals surface area contributed by atoms with Crippen molar-refractivity contribution in [3.05, 3.63) is 101 Å². The highest BCUT2D eigenvalue weighted by Gasteiger charge is 2.16. The lowest BCUT2D eigenvalue weighted by Gasteiger charge is -2.11. The normalized spacial score (nSPS) is 11.6. The maximum Gasteiger partial charge on any atom is 0.333 e. The summed E-state index contributed by atoms with van der Waals surface area (Å²) in [5, 5.41) is 9.06. The van der Waals surface area contributed by atoms with Crippen molar-refractivity contribution in [2.45, 2.75) is 18.9 Å². The molecule has 0 aromatic heterocycles. The number of carbonyl (C=O) groups is 2. The zero-order valence-corrected chi connectivity index (χ0v) is 16.8. The standard InChI is InChI=1S/C25H24O5/c1-29-23(25(27)28)17-19-9-7-18(8-10-19)15-16-30-22-13-11-21(12-14-22)24(26)20-5-3-2-4-6-20/h2-14,23H,15-17H2,1H3,(H,27,28)/t23-/m0/s1. The molecule has 0 saturated carbocycles. The Balaban J connectivity index is 1.49. The Morgan fingerprint density at radius 2 is 1.43 bits per heavy atom. The second kappa shape index (κ2) is 10.4. The van der Waals surface area contributed by atoms with Gasteiger partial charge in [0.25, 0.3) is 0 Å². The Hall–Kier alpha value is -3.44. The summed E-state index contributed by atoms with van der Waals surface area (Å²) in [6.45, 7) is 0.501. The lowest BCUT2D eigenvalue weighted by molar-refractivity contribution is -0.148. The first-order valence-electron chi connectivity index (χ1n) is 9.73. The molecule has 3 rings (SSSR count). The number of methoxy groups -OCH3 is 1. The molecular formula is C25H24O5. The van der Waals surface area contributed by atoms with E-state index in [1.54, 1.807) is 36.4 Å². The smallest absolute Gasteiger partial charge is 0.333 e. The summed E-state index contributed by atoms with van der Waals surface area (Å²) < 4.78 is 10.8. The number of aliphatic carboxylic acids is 1. The van der Waals surface area contributed by atoms with E-state index < -0.39 is 12.1 Å². The van der Waals surface area contributed by atoms with E-state index in [4.69, 9.17) is 14.6 Å². The van der Waals surface area contributed by atoms with Gasteiger partial charge in [0.15, 0.2) is 11.9 Å². The van der Waals surface area contributed by atoms with Crippen LogP contribution in [0.4, 0.5) is 0 Å². The highest BCUT2D eigenvalue weighted by atomic mass is 16.5. The molecule has 0 aliphatic heterocycles. The molecule has 0 aliphatic carbocycles. The third-order valence-corrected chi connectivity index (χ3v) is 4.82. The predicted octanol–water partition coefficient (Wildman–Crippen LogP) is 4.18. The van der Waals surface area contributed by atoms with E-state index in [2.05, 4.69) is 0 Å². The van der Waals surface area contributed by atoms with Gasteiger partial charge in [-0.05, 0) is 35.4 Å². The van der Waals surface area contributed by atoms with Gasteiger partial charge in [-0.1, -0.05) is 54.6 Å². The maximum absolute atomic E-state index is 12.4. The van der Waals surface area contributed by atoms with Gasteiger partial charge in [-0.15, -0.1) is 0 Å². The van der Waals surface area contributed by atoms with Crippen LogP contribution in [0.1, 0.15) is 27.0 Å². The monoisotopic (exact) mass is 404 g/mol. The van der Waals surface area contributed by atoms with Crippen molar-refractivity contribution in [2.75, 3.05) is 13.7 Å². The minimum absolute atomic E-state index is 0.0131. The first-order valence-corrected chi connectivity index (χ1v) is 9.73. The minimum atomic E-state index is -0.966. The van der Waals surface area contributed by atoms with Crippen molar-refractivity contribution in [1.82, 2.24) is 0 Å². The van der Waals surface area contributed by atoms with Gasteiger partial charge in [-0.2, -0.15) is 0 Å². The Bertz CT molecular complexity index is 963. The average molecular weight is 404 g/mol. The Morgan fingerprint density at radius 1 is 0.833 bits per heavy atom. The summed E-state index contributed by atoms with van der Waals surface area (Å²) in [7, 11) is 1.40. The number of carboxylic acids is 1. The third kappa shape index (κ3) is 5.78. The number of carbonyl (C=O) groups excluding carboxylic acids is 1. The molecule has 0 heterocycles. The number of hydrogen-bond donors (Lipinski definition) is 1. The molecule has 5 heteroatoms. The zero-order chi connectivity index (χ0) is 21.3. The Kier molecular flexibility index (Phi) is 7.35. The van der Waals surface area contributed by atoms with Gasteiger partial charge in [0.1, 0.15) is 5.75 Å². The second-order valence-electron chi connectivity index (χ2n) is 6.90. The Labute approximate surface area is 175 Å². The average Bonchev–Trinajstić information content (AvgIpc) is 2.79. The molecule has 0 amide bonds. The predicted molar refractivity (Wildman–Crippen MR) is 114 cm³/mol. The van der Waals surface area contributed by atoms with Crippen LogP contribution in [0, 0.1) is 0 Å². The third-order valence-electron chi connectivity index (χ3n) is 4.82. The summed E-state index contributed by atoms with van der Waals surface area (Å²) in [5.41, 5.74) is 3.29. The van der Waals surface area contributed by atoms with Gasteiger partial charge >= 0.3 is 5.97 Å². The molecule has 0 saturated heterocycles. The number of rotatable bonds is 10.